The van der Waals surface area contributed by atoms with Crippen LogP contribution in [0.1, 0.15) is 5.56 Å². The van der Waals surface area contributed by atoms with Gasteiger partial charge in [0.05, 0.1) is 0 Å². The predicted molar refractivity (Wildman–Crippen MR) is 68.2 cm³/mol. The molecule has 1 aromatic rings. The first kappa shape index (κ1) is 12.8. The van der Waals surface area contributed by atoms with E-state index in [4.69, 9.17) is 0 Å². The normalized spacial score (nSPS) is 26.9. The molecular formula is C14H18F2N2O. The van der Waals surface area contributed by atoms with Crippen molar-refractivity contribution in [2.24, 2.45) is 11.8 Å². The number of likely N-dealkylation sites (tertiary alicyclic amines) is 1. The Morgan fingerprint density at radius 3 is 2.58 bits per heavy atom. The highest BCUT2D eigenvalue weighted by Gasteiger charge is 2.36. The zero-order valence-corrected chi connectivity index (χ0v) is 10.7. The van der Waals surface area contributed by atoms with E-state index >= 15 is 0 Å². The Labute approximate surface area is 111 Å². The second-order valence-electron chi connectivity index (χ2n) is 5.36. The molecule has 2 fully saturated rings. The third kappa shape index (κ3) is 2.87. The van der Waals surface area contributed by atoms with Crippen LogP contribution >= 0.6 is 0 Å². The summed E-state index contributed by atoms with van der Waals surface area (Å²) in [7, 11) is 0. The maximum atomic E-state index is 12.4. The number of nitrogens with zero attached hydrogens (tertiary/aromatic N) is 1. The van der Waals surface area contributed by atoms with Gasteiger partial charge < -0.3 is 10.1 Å². The molecule has 104 valence electrons. The first-order valence-electron chi connectivity index (χ1n) is 6.68. The van der Waals surface area contributed by atoms with Crippen molar-refractivity contribution in [2.75, 3.05) is 26.2 Å². The standard InChI is InChI=1S/C14H18F2N2O/c15-14(16)19-13-4-2-1-3-10(13)7-18-8-11-5-17-6-12(11)9-18/h1-4,11-12,14,17H,5-9H2/t11-,12+. The highest BCUT2D eigenvalue weighted by Crippen LogP contribution is 2.29. The van der Waals surface area contributed by atoms with Crippen molar-refractivity contribution in [1.82, 2.24) is 10.2 Å². The molecule has 1 N–H and O–H groups in total. The van der Waals surface area contributed by atoms with Crippen LogP contribution in [-0.2, 0) is 6.54 Å². The van der Waals surface area contributed by atoms with Crippen molar-refractivity contribution in [3.63, 3.8) is 0 Å². The lowest BCUT2D eigenvalue weighted by Crippen LogP contribution is -2.25. The van der Waals surface area contributed by atoms with Crippen molar-refractivity contribution >= 4 is 0 Å². The molecule has 5 heteroatoms. The van der Waals surface area contributed by atoms with Crippen LogP contribution in [0, 0.1) is 11.8 Å². The Bertz CT molecular complexity index is 429. The fourth-order valence-corrected chi connectivity index (χ4v) is 3.17. The van der Waals surface area contributed by atoms with E-state index in [1.165, 1.54) is 0 Å². The summed E-state index contributed by atoms with van der Waals surface area (Å²) in [6.07, 6.45) is 0. The van der Waals surface area contributed by atoms with E-state index in [1.807, 2.05) is 12.1 Å². The number of nitrogens with one attached hydrogen (secondary N) is 1. The van der Waals surface area contributed by atoms with Gasteiger partial charge in [-0.25, -0.2) is 0 Å². The number of halogens is 2. The van der Waals surface area contributed by atoms with Gasteiger partial charge in [0.1, 0.15) is 5.75 Å². The molecule has 2 atom stereocenters. The number of rotatable bonds is 4. The van der Waals surface area contributed by atoms with E-state index in [0.717, 1.165) is 31.7 Å². The van der Waals surface area contributed by atoms with Crippen LogP contribution in [0.4, 0.5) is 8.78 Å². The molecule has 2 saturated heterocycles. The molecule has 1 aromatic carbocycles. The SMILES string of the molecule is FC(F)Oc1ccccc1CN1C[C@H]2CNC[C@H]2C1. The molecule has 0 aliphatic carbocycles. The highest BCUT2D eigenvalue weighted by molar-refractivity contribution is 5.33. The van der Waals surface area contributed by atoms with Gasteiger partial charge >= 0.3 is 6.61 Å². The number of fused-ring (bicyclic) bond motifs is 1. The molecule has 2 aliphatic heterocycles. The van der Waals surface area contributed by atoms with E-state index in [0.29, 0.717) is 24.1 Å². The predicted octanol–water partition coefficient (Wildman–Crippen LogP) is 1.94. The summed E-state index contributed by atoms with van der Waals surface area (Å²) in [5.74, 6) is 1.72. The van der Waals surface area contributed by atoms with Gasteiger partial charge in [-0.05, 0) is 31.0 Å². The zero-order valence-electron chi connectivity index (χ0n) is 10.7. The number of alkyl halides is 2. The average molecular weight is 268 g/mol. The van der Waals surface area contributed by atoms with Gasteiger partial charge in [0, 0.05) is 25.2 Å². The smallest absolute Gasteiger partial charge is 0.387 e. The topological polar surface area (TPSA) is 24.5 Å². The Morgan fingerprint density at radius 2 is 1.89 bits per heavy atom. The van der Waals surface area contributed by atoms with Crippen molar-refractivity contribution < 1.29 is 13.5 Å². The van der Waals surface area contributed by atoms with Gasteiger partial charge in [-0.2, -0.15) is 8.78 Å². The number of para-hydroxylation sites is 1. The van der Waals surface area contributed by atoms with Crippen molar-refractivity contribution in [3.8, 4) is 5.75 Å². The summed E-state index contributed by atoms with van der Waals surface area (Å²) in [5.41, 5.74) is 0.843. The molecule has 19 heavy (non-hydrogen) atoms. The fourth-order valence-electron chi connectivity index (χ4n) is 3.17. The van der Waals surface area contributed by atoms with Gasteiger partial charge in [-0.1, -0.05) is 18.2 Å². The van der Waals surface area contributed by atoms with Crippen LogP contribution in [0.3, 0.4) is 0 Å². The van der Waals surface area contributed by atoms with E-state index in [1.54, 1.807) is 12.1 Å². The molecule has 2 aliphatic rings. The van der Waals surface area contributed by atoms with Crippen molar-refractivity contribution in [1.29, 1.82) is 0 Å². The average Bonchev–Trinajstić information content (AvgIpc) is 2.91. The molecule has 0 unspecified atom stereocenters. The molecule has 3 nitrogen and oxygen atoms in total. The third-order valence-electron chi connectivity index (χ3n) is 4.05. The van der Waals surface area contributed by atoms with Gasteiger partial charge in [-0.15, -0.1) is 0 Å². The van der Waals surface area contributed by atoms with Crippen LogP contribution in [0.15, 0.2) is 24.3 Å². The summed E-state index contributed by atoms with van der Waals surface area (Å²) in [6.45, 7) is 2.17. The molecule has 2 heterocycles. The van der Waals surface area contributed by atoms with E-state index in [-0.39, 0.29) is 0 Å². The zero-order chi connectivity index (χ0) is 13.2. The van der Waals surface area contributed by atoms with E-state index in [9.17, 15) is 8.78 Å². The Hall–Kier alpha value is -1.20. The van der Waals surface area contributed by atoms with Crippen LogP contribution in [0.2, 0.25) is 0 Å². The maximum absolute atomic E-state index is 12.4. The lowest BCUT2D eigenvalue weighted by molar-refractivity contribution is -0.0507. The molecule has 0 spiro atoms. The number of hydrogen-bond acceptors (Lipinski definition) is 3. The highest BCUT2D eigenvalue weighted by atomic mass is 19.3. The number of hydrogen-bond donors (Lipinski definition) is 1. The van der Waals surface area contributed by atoms with E-state index < -0.39 is 6.61 Å². The summed E-state index contributed by atoms with van der Waals surface area (Å²) >= 11 is 0. The van der Waals surface area contributed by atoms with Crippen LogP contribution in [0.25, 0.3) is 0 Å². The van der Waals surface area contributed by atoms with Gasteiger partial charge in [-0.3, -0.25) is 4.90 Å². The molecule has 0 bridgehead atoms. The number of benzene rings is 1. The molecule has 3 rings (SSSR count). The van der Waals surface area contributed by atoms with Gasteiger partial charge in [0.2, 0.25) is 0 Å². The fraction of sp³-hybridized carbons (Fsp3) is 0.571. The summed E-state index contributed by atoms with van der Waals surface area (Å²) < 4.78 is 29.3. The third-order valence-corrected chi connectivity index (χ3v) is 4.05. The molecular weight excluding hydrogens is 250 g/mol. The second kappa shape index (κ2) is 5.43. The largest absolute Gasteiger partial charge is 0.434 e. The van der Waals surface area contributed by atoms with E-state index in [2.05, 4.69) is 15.0 Å². The van der Waals surface area contributed by atoms with Crippen LogP contribution in [-0.4, -0.2) is 37.7 Å². The first-order valence-corrected chi connectivity index (χ1v) is 6.68. The van der Waals surface area contributed by atoms with Crippen LogP contribution < -0.4 is 10.1 Å². The summed E-state index contributed by atoms with van der Waals surface area (Å²) in [6, 6.07) is 7.07. The minimum absolute atomic E-state index is 0.299. The van der Waals surface area contributed by atoms with Gasteiger partial charge in [0.15, 0.2) is 0 Å². The molecule has 0 saturated carbocycles. The van der Waals surface area contributed by atoms with Gasteiger partial charge in [0.25, 0.3) is 0 Å². The monoisotopic (exact) mass is 268 g/mol. The Balaban J connectivity index is 1.66. The summed E-state index contributed by atoms with van der Waals surface area (Å²) in [4.78, 5) is 2.34. The molecule has 0 aromatic heterocycles. The Morgan fingerprint density at radius 1 is 1.21 bits per heavy atom. The lowest BCUT2D eigenvalue weighted by atomic mass is 10.0. The second-order valence-corrected chi connectivity index (χ2v) is 5.36. The minimum Gasteiger partial charge on any atom is -0.434 e. The van der Waals surface area contributed by atoms with Crippen molar-refractivity contribution in [3.05, 3.63) is 29.8 Å². The van der Waals surface area contributed by atoms with Crippen molar-refractivity contribution in [2.45, 2.75) is 13.2 Å². The molecule has 0 radical (unpaired) electrons. The first-order chi connectivity index (χ1) is 9.22. The summed E-state index contributed by atoms with van der Waals surface area (Å²) in [5, 5.41) is 3.40. The molecule has 0 amide bonds. The lowest BCUT2D eigenvalue weighted by Gasteiger charge is -2.19. The minimum atomic E-state index is -2.76. The number of ether oxygens (including phenoxy) is 1. The Kier molecular flexibility index (Phi) is 3.66. The quantitative estimate of drug-likeness (QED) is 0.903. The van der Waals surface area contributed by atoms with Crippen LogP contribution in [0.5, 0.6) is 5.75 Å². The maximum Gasteiger partial charge on any atom is 0.387 e.